The summed E-state index contributed by atoms with van der Waals surface area (Å²) in [5, 5.41) is 7.10. The van der Waals surface area contributed by atoms with Gasteiger partial charge in [0.05, 0.1) is 26.5 Å². The zero-order valence-electron chi connectivity index (χ0n) is 14.1. The molecule has 1 fully saturated rings. The third-order valence-corrected chi connectivity index (χ3v) is 4.90. The predicted octanol–water partition coefficient (Wildman–Crippen LogP) is 3.53. The van der Waals surface area contributed by atoms with Gasteiger partial charge >= 0.3 is 0 Å². The topological polar surface area (TPSA) is 42.5 Å². The van der Waals surface area contributed by atoms with Gasteiger partial charge in [0.25, 0.3) is 0 Å². The van der Waals surface area contributed by atoms with Crippen LogP contribution in [0.5, 0.6) is 5.75 Å². The van der Waals surface area contributed by atoms with Crippen LogP contribution in [0.1, 0.15) is 24.8 Å². The lowest BCUT2D eigenvalue weighted by Crippen LogP contribution is -2.50. The number of allylic oxidation sites excluding steroid dienone is 2. The highest BCUT2D eigenvalue weighted by Crippen LogP contribution is 2.26. The van der Waals surface area contributed by atoms with Crippen molar-refractivity contribution in [3.05, 3.63) is 51.5 Å². The lowest BCUT2D eigenvalue weighted by atomic mass is 9.95. The van der Waals surface area contributed by atoms with Crippen molar-refractivity contribution in [3.63, 3.8) is 0 Å². The lowest BCUT2D eigenvalue weighted by molar-refractivity contribution is 0.140. The van der Waals surface area contributed by atoms with Gasteiger partial charge in [0, 0.05) is 10.0 Å². The molecular weight excluding hydrogens is 368 g/mol. The van der Waals surface area contributed by atoms with Gasteiger partial charge in [-0.1, -0.05) is 28.1 Å². The molecule has 4 nitrogen and oxygen atoms in total. The van der Waals surface area contributed by atoms with E-state index < -0.39 is 0 Å². The Labute approximate surface area is 152 Å². The third-order valence-electron chi connectivity index (χ3n) is 4.41. The van der Waals surface area contributed by atoms with Crippen LogP contribution in [0, 0.1) is 0 Å². The average Bonchev–Trinajstić information content (AvgIpc) is 2.63. The van der Waals surface area contributed by atoms with E-state index in [1.807, 2.05) is 12.1 Å². The molecule has 1 saturated heterocycles. The molecular formula is C19H25BrN2O2. The van der Waals surface area contributed by atoms with Crippen LogP contribution in [-0.2, 0) is 11.3 Å². The monoisotopic (exact) mass is 392 g/mol. The molecule has 0 radical (unpaired) electrons. The summed E-state index contributed by atoms with van der Waals surface area (Å²) in [5.74, 6) is 0.863. The average molecular weight is 393 g/mol. The first-order chi connectivity index (χ1) is 11.8. The number of ether oxygens (including phenoxy) is 2. The molecule has 1 aromatic carbocycles. The summed E-state index contributed by atoms with van der Waals surface area (Å²) in [6, 6.07) is 5.99. The number of hydrogen-bond acceptors (Lipinski definition) is 4. The number of benzene rings is 1. The van der Waals surface area contributed by atoms with Gasteiger partial charge in [0.2, 0.25) is 0 Å². The summed E-state index contributed by atoms with van der Waals surface area (Å²) in [6.07, 6.45) is 8.30. The number of halogens is 1. The van der Waals surface area contributed by atoms with E-state index in [1.165, 1.54) is 17.6 Å². The summed E-state index contributed by atoms with van der Waals surface area (Å²) in [5.41, 5.74) is 3.70. The quantitative estimate of drug-likeness (QED) is 0.776. The minimum Gasteiger partial charge on any atom is -0.496 e. The molecule has 0 bridgehead atoms. The molecule has 0 unspecified atom stereocenters. The Morgan fingerprint density at radius 1 is 1.12 bits per heavy atom. The van der Waals surface area contributed by atoms with Crippen molar-refractivity contribution in [3.8, 4) is 5.75 Å². The van der Waals surface area contributed by atoms with Crippen LogP contribution >= 0.6 is 15.9 Å². The highest BCUT2D eigenvalue weighted by Gasteiger charge is 2.21. The van der Waals surface area contributed by atoms with Gasteiger partial charge in [-0.15, -0.1) is 0 Å². The number of rotatable bonds is 6. The van der Waals surface area contributed by atoms with Crippen molar-refractivity contribution in [2.45, 2.75) is 32.0 Å². The van der Waals surface area contributed by atoms with Crippen LogP contribution in [0.2, 0.25) is 0 Å². The van der Waals surface area contributed by atoms with Crippen molar-refractivity contribution in [1.29, 1.82) is 0 Å². The first-order valence-corrected chi connectivity index (χ1v) is 9.33. The highest BCUT2D eigenvalue weighted by atomic mass is 79.9. The minimum absolute atomic E-state index is 0.259. The fourth-order valence-corrected chi connectivity index (χ4v) is 3.60. The first kappa shape index (κ1) is 17.7. The molecule has 1 aromatic rings. The summed E-state index contributed by atoms with van der Waals surface area (Å²) >= 11 is 3.51. The molecule has 2 aliphatic rings. The van der Waals surface area contributed by atoms with Crippen LogP contribution in [0.25, 0.3) is 0 Å². The van der Waals surface area contributed by atoms with E-state index in [4.69, 9.17) is 9.47 Å². The fourth-order valence-electron chi connectivity index (χ4n) is 3.20. The van der Waals surface area contributed by atoms with Gasteiger partial charge in [0.1, 0.15) is 5.75 Å². The van der Waals surface area contributed by atoms with E-state index in [2.05, 4.69) is 44.8 Å². The van der Waals surface area contributed by atoms with Gasteiger partial charge in [-0.3, -0.25) is 10.6 Å². The Hall–Kier alpha value is -1.14. The zero-order valence-corrected chi connectivity index (χ0v) is 15.7. The van der Waals surface area contributed by atoms with E-state index in [-0.39, 0.29) is 6.17 Å². The first-order valence-electron chi connectivity index (χ1n) is 8.54. The fraction of sp³-hybridized carbons (Fsp3) is 0.474. The van der Waals surface area contributed by atoms with E-state index >= 15 is 0 Å². The molecule has 0 spiro atoms. The standard InChI is InChI=1S/C19H25BrN2O2/c1-23-18-8-7-16(20)11-15(18)13-24-12-14-5-2-3-6-17(14)19-21-9-4-10-22-19/h5-8,11,19,21-22H,2-4,9-10,12-13H2,1H3. The molecule has 1 aliphatic carbocycles. The van der Waals surface area contributed by atoms with E-state index in [1.54, 1.807) is 7.11 Å². The maximum atomic E-state index is 6.01. The largest absolute Gasteiger partial charge is 0.496 e. The number of hydrogen-bond donors (Lipinski definition) is 2. The second-order valence-corrected chi connectivity index (χ2v) is 7.03. The summed E-state index contributed by atoms with van der Waals surface area (Å²) in [7, 11) is 1.69. The normalized spacial score (nSPS) is 18.9. The summed E-state index contributed by atoms with van der Waals surface area (Å²) < 4.78 is 12.5. The molecule has 3 rings (SSSR count). The Morgan fingerprint density at radius 3 is 2.71 bits per heavy atom. The van der Waals surface area contributed by atoms with Gasteiger partial charge < -0.3 is 9.47 Å². The molecule has 0 amide bonds. The summed E-state index contributed by atoms with van der Waals surface area (Å²) in [4.78, 5) is 0. The number of nitrogens with one attached hydrogen (secondary N) is 2. The Bertz CT molecular complexity index is 622. The van der Waals surface area contributed by atoms with Crippen molar-refractivity contribution < 1.29 is 9.47 Å². The molecule has 130 valence electrons. The number of methoxy groups -OCH3 is 1. The van der Waals surface area contributed by atoms with Gasteiger partial charge in [-0.25, -0.2) is 0 Å². The van der Waals surface area contributed by atoms with Crippen LogP contribution in [-0.4, -0.2) is 33.0 Å². The van der Waals surface area contributed by atoms with E-state index in [0.29, 0.717) is 13.2 Å². The summed E-state index contributed by atoms with van der Waals surface area (Å²) in [6.45, 7) is 3.30. The van der Waals surface area contributed by atoms with Gasteiger partial charge in [-0.05, 0) is 61.7 Å². The lowest BCUT2D eigenvalue weighted by Gasteiger charge is -2.30. The van der Waals surface area contributed by atoms with Gasteiger partial charge in [0.15, 0.2) is 0 Å². The highest BCUT2D eigenvalue weighted by molar-refractivity contribution is 9.10. The second-order valence-electron chi connectivity index (χ2n) is 6.11. The van der Waals surface area contributed by atoms with E-state index in [9.17, 15) is 0 Å². The molecule has 0 saturated carbocycles. The van der Waals surface area contributed by atoms with Crippen LogP contribution < -0.4 is 15.4 Å². The molecule has 0 atom stereocenters. The van der Waals surface area contributed by atoms with Crippen molar-refractivity contribution in [2.75, 3.05) is 26.8 Å². The molecule has 24 heavy (non-hydrogen) atoms. The van der Waals surface area contributed by atoms with Gasteiger partial charge in [-0.2, -0.15) is 0 Å². The smallest absolute Gasteiger partial charge is 0.124 e. The molecule has 0 aromatic heterocycles. The maximum Gasteiger partial charge on any atom is 0.124 e. The van der Waals surface area contributed by atoms with E-state index in [0.717, 1.165) is 41.7 Å². The van der Waals surface area contributed by atoms with Crippen molar-refractivity contribution in [1.82, 2.24) is 10.6 Å². The van der Waals surface area contributed by atoms with Crippen molar-refractivity contribution >= 4 is 15.9 Å². The minimum atomic E-state index is 0.259. The van der Waals surface area contributed by atoms with Crippen LogP contribution in [0.3, 0.4) is 0 Å². The van der Waals surface area contributed by atoms with Crippen LogP contribution in [0.4, 0.5) is 0 Å². The second kappa shape index (κ2) is 8.81. The van der Waals surface area contributed by atoms with Crippen LogP contribution in [0.15, 0.2) is 46.0 Å². The molecule has 2 N–H and O–H groups in total. The third kappa shape index (κ3) is 4.48. The van der Waals surface area contributed by atoms with Crippen molar-refractivity contribution in [2.24, 2.45) is 0 Å². The SMILES string of the molecule is COc1ccc(Br)cc1COCC1=CCCC=C1C1NCCCN1. The molecule has 5 heteroatoms. The Morgan fingerprint density at radius 2 is 1.92 bits per heavy atom. The Kier molecular flexibility index (Phi) is 6.49. The predicted molar refractivity (Wildman–Crippen MR) is 100 cm³/mol. The molecule has 1 aliphatic heterocycles. The maximum absolute atomic E-state index is 6.01. The zero-order chi connectivity index (χ0) is 16.8. The Balaban J connectivity index is 1.60. The molecule has 1 heterocycles.